The van der Waals surface area contributed by atoms with Crippen LogP contribution in [0.1, 0.15) is 40.0 Å². The summed E-state index contributed by atoms with van der Waals surface area (Å²) in [7, 11) is -2.67. The second-order valence-corrected chi connectivity index (χ2v) is 12.3. The topological polar surface area (TPSA) is 146 Å². The highest BCUT2D eigenvalue weighted by Crippen LogP contribution is 2.31. The first-order valence-electron chi connectivity index (χ1n) is 14.3. The van der Waals surface area contributed by atoms with Crippen molar-refractivity contribution in [1.82, 2.24) is 14.9 Å². The van der Waals surface area contributed by atoms with E-state index in [9.17, 15) is 18.3 Å². The van der Waals surface area contributed by atoms with E-state index in [2.05, 4.69) is 37.1 Å². The first-order valence-corrected chi connectivity index (χ1v) is 15.8. The number of amides is 1. The van der Waals surface area contributed by atoms with Crippen LogP contribution in [0.2, 0.25) is 0 Å². The number of ether oxygens (including phenoxy) is 1. The van der Waals surface area contributed by atoms with Gasteiger partial charge in [-0.05, 0) is 62.2 Å². The molecule has 4 aromatic rings. The summed E-state index contributed by atoms with van der Waals surface area (Å²) < 4.78 is 34.9. The number of carbonyl (C=O) groups is 1. The Balaban J connectivity index is 0.00000442. The zero-order chi connectivity index (χ0) is 30.4. The molecule has 44 heavy (non-hydrogen) atoms. The number of phenols is 1. The number of likely N-dealkylation sites (tertiary alicyclic amines) is 1. The number of piperidine rings is 1. The largest absolute Gasteiger partial charge is 0.508 e. The molecule has 1 aromatic heterocycles. The van der Waals surface area contributed by atoms with Gasteiger partial charge >= 0.3 is 0 Å². The number of carbonyl (C=O) groups excluding carboxylic acids is 1. The Morgan fingerprint density at radius 3 is 2.36 bits per heavy atom. The van der Waals surface area contributed by atoms with Gasteiger partial charge in [0, 0.05) is 29.6 Å². The number of methoxy groups -OCH3 is 1. The van der Waals surface area contributed by atoms with E-state index >= 15 is 0 Å². The molecular formula is C32H40N6O5S. The van der Waals surface area contributed by atoms with E-state index in [4.69, 9.17) is 4.74 Å². The Kier molecular flexibility index (Phi) is 10.6. The molecule has 2 heterocycles. The SMILES string of the molecule is C.CCCC1CCN(CC(=O)Nc2cccc(S(=O)(=O)Nc3nc4ccccc4nc3Nc3cc(O)cc(OC)c3)c2)CC1. The fourth-order valence-electron chi connectivity index (χ4n) is 5.24. The number of nitrogens with one attached hydrogen (secondary N) is 3. The predicted molar refractivity (Wildman–Crippen MR) is 174 cm³/mol. The third-order valence-corrected chi connectivity index (χ3v) is 8.73. The highest BCUT2D eigenvalue weighted by molar-refractivity contribution is 7.92. The standard InChI is InChI=1S/C31H36N6O5S.CH4/c1-3-7-21-12-14-37(15-13-21)20-29(39)32-22-8-6-9-26(18-22)43(40,41)36-31-30(34-27-10-4-5-11-28(27)35-31)33-23-16-24(38)19-25(17-23)42-2;/h4-6,8-11,16-19,21,38H,3,7,12-15,20H2,1-2H3,(H,32,39)(H,33,34)(H,35,36);1H4. The molecule has 0 saturated carbocycles. The van der Waals surface area contributed by atoms with Gasteiger partial charge in [-0.2, -0.15) is 0 Å². The van der Waals surface area contributed by atoms with E-state index in [1.807, 2.05) is 0 Å². The summed E-state index contributed by atoms with van der Waals surface area (Å²) in [6, 6.07) is 17.7. The van der Waals surface area contributed by atoms with Crippen LogP contribution in [0, 0.1) is 5.92 Å². The average Bonchev–Trinajstić information content (AvgIpc) is 2.98. The first kappa shape index (κ1) is 32.5. The van der Waals surface area contributed by atoms with Crippen LogP contribution in [0.3, 0.4) is 0 Å². The van der Waals surface area contributed by atoms with Crippen molar-refractivity contribution >= 4 is 50.0 Å². The molecule has 12 heteroatoms. The van der Waals surface area contributed by atoms with Crippen molar-refractivity contribution in [2.45, 2.75) is 44.9 Å². The molecule has 1 amide bonds. The lowest BCUT2D eigenvalue weighted by Crippen LogP contribution is -2.39. The van der Waals surface area contributed by atoms with Crippen molar-refractivity contribution in [3.8, 4) is 11.5 Å². The Labute approximate surface area is 258 Å². The van der Waals surface area contributed by atoms with Crippen LogP contribution in [0.15, 0.2) is 71.6 Å². The molecule has 1 aliphatic rings. The van der Waals surface area contributed by atoms with Crippen LogP contribution in [-0.4, -0.2) is 61.0 Å². The van der Waals surface area contributed by atoms with Gasteiger partial charge in [0.2, 0.25) is 5.91 Å². The molecule has 3 aromatic carbocycles. The monoisotopic (exact) mass is 620 g/mol. The Hall–Kier alpha value is -4.42. The fraction of sp³-hybridized carbons (Fsp3) is 0.344. The van der Waals surface area contributed by atoms with Gasteiger partial charge < -0.3 is 20.5 Å². The number of sulfonamides is 1. The van der Waals surface area contributed by atoms with Gasteiger partial charge in [0.25, 0.3) is 10.0 Å². The van der Waals surface area contributed by atoms with Gasteiger partial charge in [0.05, 0.1) is 29.6 Å². The Morgan fingerprint density at radius 1 is 0.977 bits per heavy atom. The number of rotatable bonds is 11. The van der Waals surface area contributed by atoms with E-state index < -0.39 is 10.0 Å². The minimum absolute atomic E-state index is 0. The summed E-state index contributed by atoms with van der Waals surface area (Å²) in [6.45, 7) is 4.23. The van der Waals surface area contributed by atoms with E-state index in [-0.39, 0.29) is 42.2 Å². The number of phenolic OH excluding ortho intramolecular Hbond substituents is 1. The average molecular weight is 621 g/mol. The maximum Gasteiger partial charge on any atom is 0.263 e. The number of benzene rings is 3. The lowest BCUT2D eigenvalue weighted by molar-refractivity contribution is -0.117. The van der Waals surface area contributed by atoms with Crippen LogP contribution >= 0.6 is 0 Å². The van der Waals surface area contributed by atoms with Crippen molar-refractivity contribution in [3.05, 3.63) is 66.7 Å². The number of hydrogen-bond acceptors (Lipinski definition) is 9. The first-order chi connectivity index (χ1) is 20.7. The van der Waals surface area contributed by atoms with Gasteiger partial charge in [-0.15, -0.1) is 0 Å². The molecule has 0 aliphatic carbocycles. The van der Waals surface area contributed by atoms with E-state index in [1.54, 1.807) is 42.5 Å². The van der Waals surface area contributed by atoms with Crippen LogP contribution in [-0.2, 0) is 14.8 Å². The lowest BCUT2D eigenvalue weighted by Gasteiger charge is -2.31. The molecule has 234 valence electrons. The van der Waals surface area contributed by atoms with E-state index in [0.717, 1.165) is 31.8 Å². The number of fused-ring (bicyclic) bond motifs is 1. The quantitative estimate of drug-likeness (QED) is 0.159. The maximum atomic E-state index is 13.5. The third kappa shape index (κ3) is 8.14. The summed E-state index contributed by atoms with van der Waals surface area (Å²) >= 11 is 0. The summed E-state index contributed by atoms with van der Waals surface area (Å²) in [5.74, 6) is 0.981. The molecule has 1 aliphatic heterocycles. The van der Waals surface area contributed by atoms with E-state index in [0.29, 0.717) is 28.2 Å². The second kappa shape index (κ2) is 14.4. The van der Waals surface area contributed by atoms with Crippen LogP contribution < -0.4 is 20.1 Å². The fourth-order valence-corrected chi connectivity index (χ4v) is 6.30. The number of aromatic hydroxyl groups is 1. The molecule has 0 bridgehead atoms. The van der Waals surface area contributed by atoms with Crippen molar-refractivity contribution in [2.24, 2.45) is 5.92 Å². The van der Waals surface area contributed by atoms with Gasteiger partial charge in [-0.25, -0.2) is 18.4 Å². The molecule has 4 N–H and O–H groups in total. The minimum atomic E-state index is -4.14. The number of hydrogen-bond donors (Lipinski definition) is 4. The zero-order valence-electron chi connectivity index (χ0n) is 24.2. The molecule has 0 atom stereocenters. The smallest absolute Gasteiger partial charge is 0.263 e. The summed E-state index contributed by atoms with van der Waals surface area (Å²) in [6.07, 6.45) is 4.58. The van der Waals surface area contributed by atoms with Crippen molar-refractivity contribution < 1.29 is 23.1 Å². The lowest BCUT2D eigenvalue weighted by atomic mass is 9.92. The van der Waals surface area contributed by atoms with Crippen molar-refractivity contribution in [3.63, 3.8) is 0 Å². The molecule has 0 radical (unpaired) electrons. The molecule has 11 nitrogen and oxygen atoms in total. The highest BCUT2D eigenvalue weighted by atomic mass is 32.2. The molecule has 0 unspecified atom stereocenters. The second-order valence-electron chi connectivity index (χ2n) is 10.6. The molecule has 5 rings (SSSR count). The predicted octanol–water partition coefficient (Wildman–Crippen LogP) is 5.98. The van der Waals surface area contributed by atoms with Crippen molar-refractivity contribution in [1.29, 1.82) is 0 Å². The highest BCUT2D eigenvalue weighted by Gasteiger charge is 2.22. The molecular weight excluding hydrogens is 580 g/mol. The van der Waals surface area contributed by atoms with Crippen molar-refractivity contribution in [2.75, 3.05) is 42.1 Å². The molecule has 1 saturated heterocycles. The molecule has 1 fully saturated rings. The number of nitrogens with zero attached hydrogens (tertiary/aromatic N) is 3. The van der Waals surface area contributed by atoms with Crippen LogP contribution in [0.25, 0.3) is 11.0 Å². The zero-order valence-corrected chi connectivity index (χ0v) is 25.0. The maximum absolute atomic E-state index is 13.5. The van der Waals surface area contributed by atoms with Crippen LogP contribution in [0.5, 0.6) is 11.5 Å². The normalized spacial score (nSPS) is 14.0. The third-order valence-electron chi connectivity index (χ3n) is 7.39. The van der Waals surface area contributed by atoms with E-state index in [1.165, 1.54) is 44.2 Å². The summed E-state index contributed by atoms with van der Waals surface area (Å²) in [4.78, 5) is 24.0. The van der Waals surface area contributed by atoms with Crippen LogP contribution in [0.4, 0.5) is 23.0 Å². The number of para-hydroxylation sites is 2. The number of aromatic nitrogens is 2. The van der Waals surface area contributed by atoms with Gasteiger partial charge in [-0.3, -0.25) is 14.4 Å². The minimum Gasteiger partial charge on any atom is -0.508 e. The summed E-state index contributed by atoms with van der Waals surface area (Å²) in [5.41, 5.74) is 1.82. The molecule has 0 spiro atoms. The Morgan fingerprint density at radius 2 is 1.68 bits per heavy atom. The van der Waals surface area contributed by atoms with Gasteiger partial charge in [-0.1, -0.05) is 45.4 Å². The van der Waals surface area contributed by atoms with Gasteiger partial charge in [0.1, 0.15) is 11.5 Å². The van der Waals surface area contributed by atoms with Gasteiger partial charge in [0.15, 0.2) is 11.6 Å². The number of anilines is 4. The summed E-state index contributed by atoms with van der Waals surface area (Å²) in [5, 5.41) is 16.0. The Bertz CT molecular complexity index is 1710.